The lowest BCUT2D eigenvalue weighted by Crippen LogP contribution is -2.39. The number of carbonyl (C=O) groups excluding carboxylic acids is 2. The van der Waals surface area contributed by atoms with E-state index in [1.54, 1.807) is 0 Å². The molecule has 0 saturated heterocycles. The lowest BCUT2D eigenvalue weighted by Gasteiger charge is -2.09. The van der Waals surface area contributed by atoms with Crippen LogP contribution in [0, 0.1) is 6.92 Å². The van der Waals surface area contributed by atoms with Gasteiger partial charge in [-0.3, -0.25) is 4.79 Å². The van der Waals surface area contributed by atoms with Gasteiger partial charge in [-0.2, -0.15) is 0 Å². The molecule has 0 saturated carbocycles. The Morgan fingerprint density at radius 2 is 1.73 bits per heavy atom. The van der Waals surface area contributed by atoms with Crippen molar-refractivity contribution in [3.8, 4) is 0 Å². The SMILES string of the molecule is Cc1ccc(CNC(=O)NCC(=O)Nc2cccc(S(N)(=O)=O)c2)cc1. The Balaban J connectivity index is 1.79. The van der Waals surface area contributed by atoms with Crippen molar-refractivity contribution in [2.75, 3.05) is 11.9 Å². The quantitative estimate of drug-likeness (QED) is 0.601. The van der Waals surface area contributed by atoms with Crippen LogP contribution in [0.25, 0.3) is 0 Å². The lowest BCUT2D eigenvalue weighted by atomic mass is 10.1. The molecule has 0 aromatic heterocycles. The minimum absolute atomic E-state index is 0.112. The number of benzene rings is 2. The molecule has 0 aliphatic rings. The van der Waals surface area contributed by atoms with E-state index in [9.17, 15) is 18.0 Å². The van der Waals surface area contributed by atoms with Gasteiger partial charge in [0.05, 0.1) is 11.4 Å². The van der Waals surface area contributed by atoms with Gasteiger partial charge >= 0.3 is 6.03 Å². The van der Waals surface area contributed by atoms with E-state index in [-0.39, 0.29) is 17.1 Å². The molecule has 138 valence electrons. The largest absolute Gasteiger partial charge is 0.334 e. The van der Waals surface area contributed by atoms with Gasteiger partial charge in [-0.25, -0.2) is 18.4 Å². The molecule has 0 aliphatic carbocycles. The van der Waals surface area contributed by atoms with Gasteiger partial charge < -0.3 is 16.0 Å². The van der Waals surface area contributed by atoms with Crippen molar-refractivity contribution in [3.05, 3.63) is 59.7 Å². The molecule has 2 rings (SSSR count). The molecule has 0 radical (unpaired) electrons. The third-order valence-electron chi connectivity index (χ3n) is 3.43. The van der Waals surface area contributed by atoms with Crippen LogP contribution >= 0.6 is 0 Å². The Morgan fingerprint density at radius 1 is 1.04 bits per heavy atom. The van der Waals surface area contributed by atoms with E-state index in [0.29, 0.717) is 6.54 Å². The number of nitrogens with two attached hydrogens (primary N) is 1. The zero-order valence-corrected chi connectivity index (χ0v) is 15.0. The molecule has 0 spiro atoms. The number of rotatable bonds is 6. The van der Waals surface area contributed by atoms with Crippen LogP contribution in [0.5, 0.6) is 0 Å². The number of amides is 3. The first kappa shape index (κ1) is 19.4. The average molecular weight is 376 g/mol. The van der Waals surface area contributed by atoms with Gasteiger partial charge in [0.25, 0.3) is 0 Å². The van der Waals surface area contributed by atoms with E-state index in [4.69, 9.17) is 5.14 Å². The first-order chi connectivity index (χ1) is 12.2. The highest BCUT2D eigenvalue weighted by Crippen LogP contribution is 2.13. The number of carbonyl (C=O) groups is 2. The highest BCUT2D eigenvalue weighted by molar-refractivity contribution is 7.89. The Kier molecular flexibility index (Phi) is 6.31. The van der Waals surface area contributed by atoms with Crippen LogP contribution in [-0.4, -0.2) is 26.9 Å². The van der Waals surface area contributed by atoms with Gasteiger partial charge in [-0.1, -0.05) is 35.9 Å². The standard InChI is InChI=1S/C17H20N4O4S/c1-12-5-7-13(8-6-12)10-19-17(23)20-11-16(22)21-14-3-2-4-15(9-14)26(18,24)25/h2-9H,10-11H2,1H3,(H,21,22)(H2,18,24,25)(H2,19,20,23). The third-order valence-corrected chi connectivity index (χ3v) is 4.34. The number of hydrogen-bond donors (Lipinski definition) is 4. The van der Waals surface area contributed by atoms with Crippen LogP contribution in [0.4, 0.5) is 10.5 Å². The Bertz CT molecular complexity index is 895. The van der Waals surface area contributed by atoms with Gasteiger partial charge in [-0.05, 0) is 30.7 Å². The number of hydrogen-bond acceptors (Lipinski definition) is 4. The highest BCUT2D eigenvalue weighted by Gasteiger charge is 2.10. The summed E-state index contributed by atoms with van der Waals surface area (Å²) < 4.78 is 22.6. The van der Waals surface area contributed by atoms with E-state index in [0.717, 1.165) is 11.1 Å². The predicted molar refractivity (Wildman–Crippen MR) is 97.9 cm³/mol. The van der Waals surface area contributed by atoms with Crippen molar-refractivity contribution in [1.29, 1.82) is 0 Å². The zero-order chi connectivity index (χ0) is 19.2. The summed E-state index contributed by atoms with van der Waals surface area (Å²) in [5.41, 5.74) is 2.33. The van der Waals surface area contributed by atoms with E-state index in [1.807, 2.05) is 31.2 Å². The van der Waals surface area contributed by atoms with E-state index in [1.165, 1.54) is 24.3 Å². The van der Waals surface area contributed by atoms with Crippen LogP contribution in [0.2, 0.25) is 0 Å². The Morgan fingerprint density at radius 3 is 2.38 bits per heavy atom. The maximum absolute atomic E-state index is 11.9. The fraction of sp³-hybridized carbons (Fsp3) is 0.176. The fourth-order valence-electron chi connectivity index (χ4n) is 2.07. The Hall–Kier alpha value is -2.91. The lowest BCUT2D eigenvalue weighted by molar-refractivity contribution is -0.115. The number of urea groups is 1. The number of sulfonamides is 1. The summed E-state index contributed by atoms with van der Waals surface area (Å²) >= 11 is 0. The Labute approximate surface area is 151 Å². The molecule has 2 aromatic rings. The van der Waals surface area contributed by atoms with Crippen molar-refractivity contribution in [1.82, 2.24) is 10.6 Å². The molecule has 0 fully saturated rings. The van der Waals surface area contributed by atoms with Crippen molar-refractivity contribution >= 4 is 27.6 Å². The molecule has 0 heterocycles. The molecular weight excluding hydrogens is 356 g/mol. The highest BCUT2D eigenvalue weighted by atomic mass is 32.2. The van der Waals surface area contributed by atoms with Gasteiger partial charge in [0.15, 0.2) is 0 Å². The van der Waals surface area contributed by atoms with E-state index >= 15 is 0 Å². The van der Waals surface area contributed by atoms with Gasteiger partial charge in [0.2, 0.25) is 15.9 Å². The molecule has 8 nitrogen and oxygen atoms in total. The van der Waals surface area contributed by atoms with Gasteiger partial charge in [0.1, 0.15) is 0 Å². The van der Waals surface area contributed by atoms with Crippen molar-refractivity contribution in [2.24, 2.45) is 5.14 Å². The second-order valence-electron chi connectivity index (χ2n) is 5.64. The van der Waals surface area contributed by atoms with Crippen LogP contribution in [0.15, 0.2) is 53.4 Å². The van der Waals surface area contributed by atoms with E-state index in [2.05, 4.69) is 16.0 Å². The summed E-state index contributed by atoms with van der Waals surface area (Å²) in [5.74, 6) is -0.498. The summed E-state index contributed by atoms with van der Waals surface area (Å²) in [6, 6.07) is 12.7. The normalized spacial score (nSPS) is 10.8. The number of primary sulfonamides is 1. The van der Waals surface area contributed by atoms with Gasteiger partial charge in [-0.15, -0.1) is 0 Å². The monoisotopic (exact) mass is 376 g/mol. The van der Waals surface area contributed by atoms with Gasteiger partial charge in [0, 0.05) is 12.2 Å². The fourth-order valence-corrected chi connectivity index (χ4v) is 2.63. The number of aryl methyl sites for hydroxylation is 1. The summed E-state index contributed by atoms with van der Waals surface area (Å²) in [4.78, 5) is 23.5. The smallest absolute Gasteiger partial charge is 0.315 e. The molecule has 26 heavy (non-hydrogen) atoms. The average Bonchev–Trinajstić information content (AvgIpc) is 2.59. The molecule has 0 unspecified atom stereocenters. The summed E-state index contributed by atoms with van der Waals surface area (Å²) in [6.07, 6.45) is 0. The minimum Gasteiger partial charge on any atom is -0.334 e. The van der Waals surface area contributed by atoms with Crippen molar-refractivity contribution in [3.63, 3.8) is 0 Å². The maximum atomic E-state index is 11.9. The molecule has 0 bridgehead atoms. The van der Waals surface area contributed by atoms with Crippen LogP contribution < -0.4 is 21.1 Å². The molecule has 0 atom stereocenters. The number of nitrogens with one attached hydrogen (secondary N) is 3. The van der Waals surface area contributed by atoms with Crippen LogP contribution in [-0.2, 0) is 21.4 Å². The number of anilines is 1. The summed E-state index contributed by atoms with van der Waals surface area (Å²) in [5, 5.41) is 12.6. The van der Waals surface area contributed by atoms with Crippen molar-refractivity contribution < 1.29 is 18.0 Å². The van der Waals surface area contributed by atoms with E-state index < -0.39 is 22.0 Å². The molecule has 9 heteroatoms. The molecule has 2 aromatic carbocycles. The topological polar surface area (TPSA) is 130 Å². The predicted octanol–water partition coefficient (Wildman–Crippen LogP) is 1.08. The first-order valence-corrected chi connectivity index (χ1v) is 9.28. The molecule has 5 N–H and O–H groups in total. The van der Waals surface area contributed by atoms with Crippen LogP contribution in [0.1, 0.15) is 11.1 Å². The maximum Gasteiger partial charge on any atom is 0.315 e. The molecular formula is C17H20N4O4S. The zero-order valence-electron chi connectivity index (χ0n) is 14.2. The van der Waals surface area contributed by atoms with Crippen molar-refractivity contribution in [2.45, 2.75) is 18.4 Å². The second-order valence-corrected chi connectivity index (χ2v) is 7.20. The minimum atomic E-state index is -3.85. The molecule has 3 amide bonds. The van der Waals surface area contributed by atoms with Crippen LogP contribution in [0.3, 0.4) is 0 Å². The summed E-state index contributed by atoms with van der Waals surface area (Å²) in [7, 11) is -3.85. The third kappa shape index (κ3) is 6.19. The second kappa shape index (κ2) is 8.45. The first-order valence-electron chi connectivity index (χ1n) is 7.74. The molecule has 0 aliphatic heterocycles. The summed E-state index contributed by atoms with van der Waals surface area (Å²) in [6.45, 7) is 2.05.